The average molecular weight is 276 g/mol. The van der Waals surface area contributed by atoms with Crippen molar-refractivity contribution in [2.24, 2.45) is 0 Å². The Kier molecular flexibility index (Phi) is 3.52. The summed E-state index contributed by atoms with van der Waals surface area (Å²) in [6, 6.07) is 1.99. The van der Waals surface area contributed by atoms with Gasteiger partial charge in [0.05, 0.1) is 10.9 Å². The summed E-state index contributed by atoms with van der Waals surface area (Å²) in [5.74, 6) is 1.63. The second-order valence-corrected chi connectivity index (χ2v) is 5.24. The fourth-order valence-corrected chi connectivity index (χ4v) is 2.43. The number of thiophene rings is 1. The van der Waals surface area contributed by atoms with Crippen LogP contribution < -0.4 is 5.32 Å². The van der Waals surface area contributed by atoms with Crippen molar-refractivity contribution in [1.82, 2.24) is 9.97 Å². The fourth-order valence-electron chi connectivity index (χ4n) is 1.28. The average Bonchev–Trinajstić information content (AvgIpc) is 2.78. The SMILES string of the molecule is CC(CCl)(CCl)Nc1ncnc2sccc12. The molecule has 3 nitrogen and oxygen atoms in total. The van der Waals surface area contributed by atoms with Gasteiger partial charge in [0.25, 0.3) is 0 Å². The van der Waals surface area contributed by atoms with Crippen LogP contribution in [0.3, 0.4) is 0 Å². The summed E-state index contributed by atoms with van der Waals surface area (Å²) in [5.41, 5.74) is -0.355. The number of anilines is 1. The number of aromatic nitrogens is 2. The Labute approximate surface area is 108 Å². The van der Waals surface area contributed by atoms with E-state index in [1.807, 2.05) is 18.4 Å². The highest BCUT2D eigenvalue weighted by molar-refractivity contribution is 7.16. The molecule has 16 heavy (non-hydrogen) atoms. The van der Waals surface area contributed by atoms with Gasteiger partial charge in [0.15, 0.2) is 0 Å². The molecule has 2 aromatic heterocycles. The summed E-state index contributed by atoms with van der Waals surface area (Å²) in [6.45, 7) is 1.97. The van der Waals surface area contributed by atoms with E-state index >= 15 is 0 Å². The molecule has 0 saturated carbocycles. The molecule has 2 heterocycles. The van der Waals surface area contributed by atoms with Crippen molar-refractivity contribution >= 4 is 50.6 Å². The monoisotopic (exact) mass is 275 g/mol. The van der Waals surface area contributed by atoms with Crippen molar-refractivity contribution in [1.29, 1.82) is 0 Å². The molecule has 86 valence electrons. The minimum absolute atomic E-state index is 0.355. The lowest BCUT2D eigenvalue weighted by atomic mass is 10.1. The molecule has 0 unspecified atom stereocenters. The molecule has 0 amide bonds. The first kappa shape index (κ1) is 11.9. The number of halogens is 2. The second kappa shape index (κ2) is 4.73. The molecule has 0 aliphatic rings. The van der Waals surface area contributed by atoms with E-state index in [0.717, 1.165) is 16.0 Å². The predicted octanol–water partition coefficient (Wildman–Crippen LogP) is 3.34. The van der Waals surface area contributed by atoms with Crippen LogP contribution in [0.2, 0.25) is 0 Å². The van der Waals surface area contributed by atoms with Crippen LogP contribution in [-0.2, 0) is 0 Å². The molecule has 1 N–H and O–H groups in total. The molecular weight excluding hydrogens is 265 g/mol. The first-order chi connectivity index (χ1) is 7.68. The van der Waals surface area contributed by atoms with Crippen LogP contribution in [0.5, 0.6) is 0 Å². The van der Waals surface area contributed by atoms with E-state index in [4.69, 9.17) is 23.2 Å². The normalized spacial score (nSPS) is 11.9. The second-order valence-electron chi connectivity index (χ2n) is 3.81. The van der Waals surface area contributed by atoms with Crippen molar-refractivity contribution in [3.05, 3.63) is 17.8 Å². The molecule has 6 heteroatoms. The third kappa shape index (κ3) is 2.24. The highest BCUT2D eigenvalue weighted by Gasteiger charge is 2.23. The summed E-state index contributed by atoms with van der Waals surface area (Å²) in [6.07, 6.45) is 1.55. The topological polar surface area (TPSA) is 37.8 Å². The molecule has 0 saturated heterocycles. The molecule has 0 fully saturated rings. The number of alkyl halides is 2. The van der Waals surface area contributed by atoms with Gasteiger partial charge in [0.1, 0.15) is 17.0 Å². The number of fused-ring (bicyclic) bond motifs is 1. The largest absolute Gasteiger partial charge is 0.362 e. The summed E-state index contributed by atoms with van der Waals surface area (Å²) >= 11 is 13.4. The molecule has 0 bridgehead atoms. The first-order valence-electron chi connectivity index (χ1n) is 4.77. The maximum absolute atomic E-state index is 5.90. The zero-order chi connectivity index (χ0) is 11.6. The molecule has 0 atom stereocenters. The van der Waals surface area contributed by atoms with Crippen molar-refractivity contribution in [2.45, 2.75) is 12.5 Å². The van der Waals surface area contributed by atoms with Crippen molar-refractivity contribution in [3.8, 4) is 0 Å². The minimum atomic E-state index is -0.355. The van der Waals surface area contributed by atoms with E-state index in [1.54, 1.807) is 17.7 Å². The van der Waals surface area contributed by atoms with Gasteiger partial charge in [-0.15, -0.1) is 34.5 Å². The number of nitrogens with zero attached hydrogens (tertiary/aromatic N) is 2. The fraction of sp³-hybridized carbons (Fsp3) is 0.400. The van der Waals surface area contributed by atoms with Gasteiger partial charge in [-0.25, -0.2) is 9.97 Å². The van der Waals surface area contributed by atoms with E-state index in [2.05, 4.69) is 15.3 Å². The van der Waals surface area contributed by atoms with E-state index in [0.29, 0.717) is 11.8 Å². The Bertz CT molecular complexity index is 482. The quantitative estimate of drug-likeness (QED) is 0.870. The zero-order valence-corrected chi connectivity index (χ0v) is 11.0. The number of rotatable bonds is 4. The molecule has 0 aromatic carbocycles. The van der Waals surface area contributed by atoms with Crippen LogP contribution >= 0.6 is 34.5 Å². The van der Waals surface area contributed by atoms with E-state index in [1.165, 1.54) is 0 Å². The van der Waals surface area contributed by atoms with Gasteiger partial charge in [-0.3, -0.25) is 0 Å². The summed E-state index contributed by atoms with van der Waals surface area (Å²) in [4.78, 5) is 9.37. The summed E-state index contributed by atoms with van der Waals surface area (Å²) in [7, 11) is 0. The van der Waals surface area contributed by atoms with Gasteiger partial charge in [-0.2, -0.15) is 0 Å². The molecule has 0 aliphatic carbocycles. The van der Waals surface area contributed by atoms with Gasteiger partial charge >= 0.3 is 0 Å². The lowest BCUT2D eigenvalue weighted by molar-refractivity contribution is 0.646. The van der Waals surface area contributed by atoms with E-state index < -0.39 is 0 Å². The van der Waals surface area contributed by atoms with Gasteiger partial charge in [-0.05, 0) is 18.4 Å². The molecule has 2 rings (SSSR count). The predicted molar refractivity (Wildman–Crippen MR) is 70.9 cm³/mol. The Morgan fingerprint density at radius 3 is 2.81 bits per heavy atom. The third-order valence-corrected chi connectivity index (χ3v) is 4.27. The molecular formula is C10H11Cl2N3S. The number of hydrogen-bond donors (Lipinski definition) is 1. The van der Waals surface area contributed by atoms with Crippen molar-refractivity contribution in [2.75, 3.05) is 17.1 Å². The van der Waals surface area contributed by atoms with Crippen LogP contribution in [0.4, 0.5) is 5.82 Å². The smallest absolute Gasteiger partial charge is 0.138 e. The maximum Gasteiger partial charge on any atom is 0.138 e. The lowest BCUT2D eigenvalue weighted by Gasteiger charge is -2.26. The van der Waals surface area contributed by atoms with Crippen LogP contribution in [-0.4, -0.2) is 27.3 Å². The van der Waals surface area contributed by atoms with Crippen molar-refractivity contribution in [3.63, 3.8) is 0 Å². The molecule has 2 aromatic rings. The zero-order valence-electron chi connectivity index (χ0n) is 8.70. The van der Waals surface area contributed by atoms with Gasteiger partial charge < -0.3 is 5.32 Å². The Morgan fingerprint density at radius 2 is 2.12 bits per heavy atom. The Balaban J connectivity index is 2.37. The molecule has 0 aliphatic heterocycles. The van der Waals surface area contributed by atoms with Crippen LogP contribution in [0.25, 0.3) is 10.2 Å². The van der Waals surface area contributed by atoms with E-state index in [9.17, 15) is 0 Å². The van der Waals surface area contributed by atoms with Gasteiger partial charge in [0.2, 0.25) is 0 Å². The van der Waals surface area contributed by atoms with Crippen LogP contribution in [0.1, 0.15) is 6.92 Å². The van der Waals surface area contributed by atoms with Gasteiger partial charge in [0, 0.05) is 11.8 Å². The highest BCUT2D eigenvalue weighted by Crippen LogP contribution is 2.26. The Morgan fingerprint density at radius 1 is 1.38 bits per heavy atom. The highest BCUT2D eigenvalue weighted by atomic mass is 35.5. The standard InChI is InChI=1S/C10H11Cl2N3S/c1-10(4-11,5-12)15-8-7-2-3-16-9(7)14-6-13-8/h2-3,6H,4-5H2,1H3,(H,13,14,15). The molecule has 0 spiro atoms. The summed E-state index contributed by atoms with van der Waals surface area (Å²) < 4.78 is 0. The summed E-state index contributed by atoms with van der Waals surface area (Å²) in [5, 5.41) is 6.27. The van der Waals surface area contributed by atoms with Crippen LogP contribution in [0.15, 0.2) is 17.8 Å². The Hall–Kier alpha value is -0.580. The maximum atomic E-state index is 5.90. The van der Waals surface area contributed by atoms with E-state index in [-0.39, 0.29) is 5.54 Å². The third-order valence-electron chi connectivity index (χ3n) is 2.27. The minimum Gasteiger partial charge on any atom is -0.362 e. The van der Waals surface area contributed by atoms with Crippen LogP contribution in [0, 0.1) is 0 Å². The number of hydrogen-bond acceptors (Lipinski definition) is 4. The van der Waals surface area contributed by atoms with Gasteiger partial charge in [-0.1, -0.05) is 0 Å². The van der Waals surface area contributed by atoms with Crippen molar-refractivity contribution < 1.29 is 0 Å². The first-order valence-corrected chi connectivity index (χ1v) is 6.72. The molecule has 0 radical (unpaired) electrons. The lowest BCUT2D eigenvalue weighted by Crippen LogP contribution is -2.39. The number of nitrogens with one attached hydrogen (secondary N) is 1.